The second kappa shape index (κ2) is 13.9. The summed E-state index contributed by atoms with van der Waals surface area (Å²) in [5, 5.41) is 0. The summed E-state index contributed by atoms with van der Waals surface area (Å²) in [7, 11) is 1.58. The minimum Gasteiger partial charge on any atom is -0.497 e. The van der Waals surface area contributed by atoms with Crippen molar-refractivity contribution in [3.05, 3.63) is 103 Å². The van der Waals surface area contributed by atoms with Crippen LogP contribution in [-0.4, -0.2) is 38.2 Å². The molecule has 0 aliphatic heterocycles. The molecule has 0 heterocycles. The number of hydrogen-bond acceptors (Lipinski definition) is 8. The Morgan fingerprint density at radius 2 is 1.32 bits per heavy atom. The SMILES string of the molecule is C=CC(=O)OCCCOc1ccc(C(=O)Oc2ccc(OC(=O)C=Cc3ccc(OC)cc3)cc2)cc1. The van der Waals surface area contributed by atoms with E-state index in [0.29, 0.717) is 35.8 Å². The summed E-state index contributed by atoms with van der Waals surface area (Å²) in [6, 6.07) is 19.8. The van der Waals surface area contributed by atoms with Gasteiger partial charge in [-0.15, -0.1) is 0 Å². The molecular formula is C29H26O8. The summed E-state index contributed by atoms with van der Waals surface area (Å²) >= 11 is 0. The van der Waals surface area contributed by atoms with Crippen molar-refractivity contribution in [2.45, 2.75) is 6.42 Å². The number of methoxy groups -OCH3 is 1. The monoisotopic (exact) mass is 502 g/mol. The highest BCUT2D eigenvalue weighted by molar-refractivity contribution is 5.91. The number of ether oxygens (including phenoxy) is 5. The number of hydrogen-bond donors (Lipinski definition) is 0. The molecule has 0 N–H and O–H groups in total. The lowest BCUT2D eigenvalue weighted by Crippen LogP contribution is -2.09. The lowest BCUT2D eigenvalue weighted by Gasteiger charge is -2.08. The third kappa shape index (κ3) is 9.03. The zero-order valence-electron chi connectivity index (χ0n) is 20.3. The van der Waals surface area contributed by atoms with Gasteiger partial charge in [0.2, 0.25) is 0 Å². The van der Waals surface area contributed by atoms with Gasteiger partial charge in [-0.2, -0.15) is 0 Å². The standard InChI is InChI=1S/C29H26O8/c1-3-27(30)35-20-4-19-34-24-12-8-22(9-13-24)29(32)37-26-16-14-25(15-17-26)36-28(31)18-7-21-5-10-23(33-2)11-6-21/h3,5-18H,1,4,19-20H2,2H3. The van der Waals surface area contributed by atoms with Crippen molar-refractivity contribution in [2.24, 2.45) is 0 Å². The second-order valence-corrected chi connectivity index (χ2v) is 7.49. The lowest BCUT2D eigenvalue weighted by molar-refractivity contribution is -0.138. The van der Waals surface area contributed by atoms with Crippen LogP contribution in [0.4, 0.5) is 0 Å². The molecule has 0 unspecified atom stereocenters. The van der Waals surface area contributed by atoms with Crippen molar-refractivity contribution < 1.29 is 38.1 Å². The predicted octanol–water partition coefficient (Wildman–Crippen LogP) is 5.03. The van der Waals surface area contributed by atoms with Crippen LogP contribution in [0.15, 0.2) is 91.5 Å². The van der Waals surface area contributed by atoms with Crippen molar-refractivity contribution in [1.29, 1.82) is 0 Å². The molecule has 0 saturated carbocycles. The van der Waals surface area contributed by atoms with Gasteiger partial charge in [-0.05, 0) is 72.3 Å². The van der Waals surface area contributed by atoms with Gasteiger partial charge in [-0.25, -0.2) is 14.4 Å². The second-order valence-electron chi connectivity index (χ2n) is 7.49. The normalized spacial score (nSPS) is 10.4. The predicted molar refractivity (Wildman–Crippen MR) is 137 cm³/mol. The number of rotatable bonds is 12. The third-order valence-electron chi connectivity index (χ3n) is 4.84. The van der Waals surface area contributed by atoms with Crippen LogP contribution in [0.2, 0.25) is 0 Å². The maximum atomic E-state index is 12.4. The van der Waals surface area contributed by atoms with E-state index in [1.54, 1.807) is 49.6 Å². The van der Waals surface area contributed by atoms with Crippen molar-refractivity contribution in [1.82, 2.24) is 0 Å². The molecule has 190 valence electrons. The smallest absolute Gasteiger partial charge is 0.343 e. The average molecular weight is 503 g/mol. The van der Waals surface area contributed by atoms with Gasteiger partial charge in [-0.3, -0.25) is 0 Å². The minimum absolute atomic E-state index is 0.230. The molecule has 8 heteroatoms. The van der Waals surface area contributed by atoms with E-state index in [9.17, 15) is 14.4 Å². The maximum Gasteiger partial charge on any atom is 0.343 e. The highest BCUT2D eigenvalue weighted by Crippen LogP contribution is 2.20. The van der Waals surface area contributed by atoms with Crippen LogP contribution >= 0.6 is 0 Å². The molecule has 0 fully saturated rings. The summed E-state index contributed by atoms with van der Waals surface area (Å²) in [4.78, 5) is 35.5. The van der Waals surface area contributed by atoms with Crippen molar-refractivity contribution >= 4 is 24.0 Å². The molecule has 0 aliphatic rings. The first-order valence-electron chi connectivity index (χ1n) is 11.3. The van der Waals surface area contributed by atoms with Crippen LogP contribution in [-0.2, 0) is 14.3 Å². The van der Waals surface area contributed by atoms with E-state index < -0.39 is 17.9 Å². The fraction of sp³-hybridized carbons (Fsp3) is 0.138. The van der Waals surface area contributed by atoms with Gasteiger partial charge in [0.25, 0.3) is 0 Å². The largest absolute Gasteiger partial charge is 0.497 e. The van der Waals surface area contributed by atoms with E-state index in [1.165, 1.54) is 30.3 Å². The molecule has 3 rings (SSSR count). The van der Waals surface area contributed by atoms with Crippen LogP contribution in [0.1, 0.15) is 22.3 Å². The van der Waals surface area contributed by atoms with E-state index >= 15 is 0 Å². The number of carbonyl (C=O) groups excluding carboxylic acids is 3. The van der Waals surface area contributed by atoms with Crippen LogP contribution in [0, 0.1) is 0 Å². The molecule has 37 heavy (non-hydrogen) atoms. The average Bonchev–Trinajstić information content (AvgIpc) is 2.93. The van der Waals surface area contributed by atoms with E-state index in [0.717, 1.165) is 17.4 Å². The molecule has 3 aromatic carbocycles. The van der Waals surface area contributed by atoms with Crippen molar-refractivity contribution in [2.75, 3.05) is 20.3 Å². The van der Waals surface area contributed by atoms with Crippen molar-refractivity contribution in [3.8, 4) is 23.0 Å². The Labute approximate surface area is 214 Å². The van der Waals surface area contributed by atoms with Crippen LogP contribution < -0.4 is 18.9 Å². The fourth-order valence-electron chi connectivity index (χ4n) is 2.94. The summed E-state index contributed by atoms with van der Waals surface area (Å²) in [6.07, 6.45) is 4.58. The van der Waals surface area contributed by atoms with Gasteiger partial charge in [0, 0.05) is 18.6 Å². The van der Waals surface area contributed by atoms with E-state index in [4.69, 9.17) is 23.7 Å². The molecule has 0 radical (unpaired) electrons. The molecule has 0 aliphatic carbocycles. The zero-order chi connectivity index (χ0) is 26.5. The molecular weight excluding hydrogens is 476 g/mol. The first kappa shape index (κ1) is 26.7. The Balaban J connectivity index is 1.44. The maximum absolute atomic E-state index is 12.4. The highest BCUT2D eigenvalue weighted by atomic mass is 16.5. The molecule has 3 aromatic rings. The Hall–Kier alpha value is -4.85. The number of benzene rings is 3. The summed E-state index contributed by atoms with van der Waals surface area (Å²) < 4.78 is 26.2. The molecule has 0 spiro atoms. The van der Waals surface area contributed by atoms with Crippen LogP contribution in [0.25, 0.3) is 6.08 Å². The molecule has 0 amide bonds. The Morgan fingerprint density at radius 3 is 1.95 bits per heavy atom. The Kier molecular flexibility index (Phi) is 10.0. The van der Waals surface area contributed by atoms with Gasteiger partial charge in [-0.1, -0.05) is 18.7 Å². The van der Waals surface area contributed by atoms with E-state index in [-0.39, 0.29) is 6.61 Å². The van der Waals surface area contributed by atoms with Crippen LogP contribution in [0.3, 0.4) is 0 Å². The number of carbonyl (C=O) groups is 3. The number of esters is 3. The first-order valence-corrected chi connectivity index (χ1v) is 11.3. The van der Waals surface area contributed by atoms with Gasteiger partial charge in [0.05, 0.1) is 25.9 Å². The molecule has 8 nitrogen and oxygen atoms in total. The highest BCUT2D eigenvalue weighted by Gasteiger charge is 2.10. The lowest BCUT2D eigenvalue weighted by atomic mass is 10.2. The zero-order valence-corrected chi connectivity index (χ0v) is 20.3. The Bertz CT molecular complexity index is 1230. The summed E-state index contributed by atoms with van der Waals surface area (Å²) in [6.45, 7) is 3.90. The van der Waals surface area contributed by atoms with Gasteiger partial charge < -0.3 is 23.7 Å². The quantitative estimate of drug-likeness (QED) is 0.147. The third-order valence-corrected chi connectivity index (χ3v) is 4.84. The van der Waals surface area contributed by atoms with Crippen molar-refractivity contribution in [3.63, 3.8) is 0 Å². The van der Waals surface area contributed by atoms with E-state index in [2.05, 4.69) is 6.58 Å². The van der Waals surface area contributed by atoms with Gasteiger partial charge in [0.15, 0.2) is 0 Å². The van der Waals surface area contributed by atoms with Gasteiger partial charge in [0.1, 0.15) is 23.0 Å². The Morgan fingerprint density at radius 1 is 0.730 bits per heavy atom. The minimum atomic E-state index is -0.546. The molecule has 0 aromatic heterocycles. The first-order chi connectivity index (χ1) is 18.0. The summed E-state index contributed by atoms with van der Waals surface area (Å²) in [5.74, 6) is 0.341. The summed E-state index contributed by atoms with van der Waals surface area (Å²) in [5.41, 5.74) is 1.16. The molecule has 0 bridgehead atoms. The molecule has 0 saturated heterocycles. The molecule has 0 atom stereocenters. The topological polar surface area (TPSA) is 97.4 Å². The van der Waals surface area contributed by atoms with Gasteiger partial charge >= 0.3 is 17.9 Å². The van der Waals surface area contributed by atoms with E-state index in [1.807, 2.05) is 12.1 Å². The van der Waals surface area contributed by atoms with Crippen LogP contribution in [0.5, 0.6) is 23.0 Å². The fourth-order valence-corrected chi connectivity index (χ4v) is 2.94.